The van der Waals surface area contributed by atoms with Gasteiger partial charge in [0.2, 0.25) is 5.91 Å². The minimum atomic E-state index is 0.0953. The van der Waals surface area contributed by atoms with E-state index in [1.54, 1.807) is 0 Å². The molecule has 5 nitrogen and oxygen atoms in total. The van der Waals surface area contributed by atoms with E-state index in [1.807, 2.05) is 19.0 Å². The van der Waals surface area contributed by atoms with Crippen molar-refractivity contribution >= 4 is 5.91 Å². The first kappa shape index (κ1) is 12.4. The second-order valence-corrected chi connectivity index (χ2v) is 4.05. The highest BCUT2D eigenvalue weighted by atomic mass is 16.5. The van der Waals surface area contributed by atoms with E-state index in [0.29, 0.717) is 13.0 Å². The van der Waals surface area contributed by atoms with Gasteiger partial charge in [0.1, 0.15) is 0 Å². The van der Waals surface area contributed by atoms with Crippen molar-refractivity contribution in [2.24, 2.45) is 0 Å². The van der Waals surface area contributed by atoms with Gasteiger partial charge in [-0.3, -0.25) is 4.79 Å². The van der Waals surface area contributed by atoms with Crippen molar-refractivity contribution in [3.8, 4) is 0 Å². The third-order valence-corrected chi connectivity index (χ3v) is 2.32. The minimum absolute atomic E-state index is 0.0953. The van der Waals surface area contributed by atoms with Crippen LogP contribution in [-0.2, 0) is 9.53 Å². The molecule has 1 atom stereocenters. The molecule has 0 aromatic heterocycles. The second-order valence-electron chi connectivity index (χ2n) is 4.05. The van der Waals surface area contributed by atoms with Crippen molar-refractivity contribution < 1.29 is 9.53 Å². The topological polar surface area (TPSA) is 53.6 Å². The average molecular weight is 215 g/mol. The highest BCUT2D eigenvalue weighted by Gasteiger charge is 2.13. The van der Waals surface area contributed by atoms with Gasteiger partial charge in [-0.15, -0.1) is 0 Å². The van der Waals surface area contributed by atoms with Crippen LogP contribution in [0.25, 0.3) is 0 Å². The van der Waals surface area contributed by atoms with Crippen LogP contribution in [0, 0.1) is 0 Å². The van der Waals surface area contributed by atoms with Crippen LogP contribution in [0.5, 0.6) is 0 Å². The molecular weight excluding hydrogens is 194 g/mol. The third-order valence-electron chi connectivity index (χ3n) is 2.32. The summed E-state index contributed by atoms with van der Waals surface area (Å²) in [5.41, 5.74) is 0. The first-order valence-electron chi connectivity index (χ1n) is 5.42. The zero-order valence-electron chi connectivity index (χ0n) is 9.58. The van der Waals surface area contributed by atoms with Gasteiger partial charge < -0.3 is 20.3 Å². The van der Waals surface area contributed by atoms with E-state index < -0.39 is 0 Å². The van der Waals surface area contributed by atoms with E-state index in [-0.39, 0.29) is 12.0 Å². The van der Waals surface area contributed by atoms with Gasteiger partial charge in [-0.1, -0.05) is 0 Å². The molecular formula is C10H21N3O2. The molecule has 0 aromatic rings. The van der Waals surface area contributed by atoms with E-state index in [2.05, 4.69) is 10.6 Å². The van der Waals surface area contributed by atoms with Crippen molar-refractivity contribution in [3.05, 3.63) is 0 Å². The smallest absolute Gasteiger partial charge is 0.221 e. The normalized spacial score (nSPS) is 21.7. The number of hydrogen-bond donors (Lipinski definition) is 2. The molecule has 2 N–H and O–H groups in total. The van der Waals surface area contributed by atoms with E-state index in [1.165, 1.54) is 0 Å². The lowest BCUT2D eigenvalue weighted by atomic mass is 10.3. The Labute approximate surface area is 91.2 Å². The molecule has 1 saturated heterocycles. The molecule has 0 bridgehead atoms. The fourth-order valence-corrected chi connectivity index (χ4v) is 1.39. The molecule has 0 spiro atoms. The van der Waals surface area contributed by atoms with Gasteiger partial charge in [-0.05, 0) is 14.1 Å². The van der Waals surface area contributed by atoms with E-state index in [4.69, 9.17) is 4.74 Å². The van der Waals surface area contributed by atoms with Crippen LogP contribution in [0.3, 0.4) is 0 Å². The fraction of sp³-hybridized carbons (Fsp3) is 0.900. The van der Waals surface area contributed by atoms with Crippen molar-refractivity contribution in [2.75, 3.05) is 46.9 Å². The van der Waals surface area contributed by atoms with Gasteiger partial charge in [0.25, 0.3) is 0 Å². The summed E-state index contributed by atoms with van der Waals surface area (Å²) in [4.78, 5) is 13.4. The fourth-order valence-electron chi connectivity index (χ4n) is 1.39. The maximum absolute atomic E-state index is 11.4. The lowest BCUT2D eigenvalue weighted by Gasteiger charge is -2.23. The molecule has 0 radical (unpaired) electrons. The molecule has 0 aromatic carbocycles. The summed E-state index contributed by atoms with van der Waals surface area (Å²) in [7, 11) is 3.92. The number of nitrogens with one attached hydrogen (secondary N) is 2. The zero-order chi connectivity index (χ0) is 11.1. The van der Waals surface area contributed by atoms with Crippen LogP contribution in [-0.4, -0.2) is 63.8 Å². The lowest BCUT2D eigenvalue weighted by molar-refractivity contribution is -0.122. The van der Waals surface area contributed by atoms with Gasteiger partial charge in [0.05, 0.1) is 12.7 Å². The Balaban J connectivity index is 2.05. The van der Waals surface area contributed by atoms with Gasteiger partial charge in [0, 0.05) is 32.6 Å². The monoisotopic (exact) mass is 215 g/mol. The summed E-state index contributed by atoms with van der Waals surface area (Å²) in [6.45, 7) is 3.87. The summed E-state index contributed by atoms with van der Waals surface area (Å²) in [6.07, 6.45) is 0.676. The maximum Gasteiger partial charge on any atom is 0.221 e. The number of carbonyl (C=O) groups is 1. The quantitative estimate of drug-likeness (QED) is 0.620. The van der Waals surface area contributed by atoms with E-state index in [0.717, 1.165) is 26.2 Å². The number of ether oxygens (including phenoxy) is 1. The number of amides is 1. The Kier molecular flexibility index (Phi) is 5.60. The van der Waals surface area contributed by atoms with Gasteiger partial charge in [0.15, 0.2) is 0 Å². The maximum atomic E-state index is 11.4. The Hall–Kier alpha value is -0.650. The first-order chi connectivity index (χ1) is 7.18. The van der Waals surface area contributed by atoms with Crippen molar-refractivity contribution in [2.45, 2.75) is 12.5 Å². The molecule has 15 heavy (non-hydrogen) atoms. The molecule has 1 amide bonds. The van der Waals surface area contributed by atoms with E-state index in [9.17, 15) is 4.79 Å². The molecule has 5 heteroatoms. The molecule has 1 rings (SSSR count). The van der Waals surface area contributed by atoms with E-state index >= 15 is 0 Å². The highest BCUT2D eigenvalue weighted by Crippen LogP contribution is 1.94. The molecule has 1 heterocycles. The van der Waals surface area contributed by atoms with Crippen LogP contribution in [0.4, 0.5) is 0 Å². The number of carbonyl (C=O) groups excluding carboxylic acids is 1. The largest absolute Gasteiger partial charge is 0.374 e. The van der Waals surface area contributed by atoms with Crippen LogP contribution in [0.1, 0.15) is 6.42 Å². The Bertz CT molecular complexity index is 191. The molecule has 1 unspecified atom stereocenters. The standard InChI is InChI=1S/C10H21N3O2/c1-13(2)5-3-10(14)12-8-9-7-11-4-6-15-9/h9,11H,3-8H2,1-2H3,(H,12,14). The summed E-state index contributed by atoms with van der Waals surface area (Å²) in [5.74, 6) is 0.0953. The number of rotatable bonds is 5. The molecule has 88 valence electrons. The molecule has 0 aliphatic carbocycles. The van der Waals surface area contributed by atoms with Crippen LogP contribution in [0.15, 0.2) is 0 Å². The Morgan fingerprint density at radius 3 is 3.00 bits per heavy atom. The predicted octanol–water partition coefficient (Wildman–Crippen LogP) is -0.957. The first-order valence-corrected chi connectivity index (χ1v) is 5.42. The lowest BCUT2D eigenvalue weighted by Crippen LogP contribution is -2.45. The number of nitrogens with zero attached hydrogens (tertiary/aromatic N) is 1. The van der Waals surface area contributed by atoms with Gasteiger partial charge in [-0.25, -0.2) is 0 Å². The summed E-state index contributed by atoms with van der Waals surface area (Å²) in [6, 6.07) is 0. The zero-order valence-corrected chi connectivity index (χ0v) is 9.58. The SMILES string of the molecule is CN(C)CCC(=O)NCC1CNCCO1. The average Bonchev–Trinajstić information content (AvgIpc) is 2.25. The molecule has 0 saturated carbocycles. The van der Waals surface area contributed by atoms with Crippen molar-refractivity contribution in [1.29, 1.82) is 0 Å². The van der Waals surface area contributed by atoms with Crippen LogP contribution >= 0.6 is 0 Å². The molecule has 1 aliphatic rings. The predicted molar refractivity (Wildman–Crippen MR) is 58.8 cm³/mol. The summed E-state index contributed by atoms with van der Waals surface area (Å²) in [5, 5.41) is 6.10. The Morgan fingerprint density at radius 2 is 2.40 bits per heavy atom. The molecule has 1 aliphatic heterocycles. The van der Waals surface area contributed by atoms with Crippen molar-refractivity contribution in [1.82, 2.24) is 15.5 Å². The molecule has 1 fully saturated rings. The van der Waals surface area contributed by atoms with Gasteiger partial charge in [-0.2, -0.15) is 0 Å². The van der Waals surface area contributed by atoms with Crippen LogP contribution < -0.4 is 10.6 Å². The summed E-state index contributed by atoms with van der Waals surface area (Å²) < 4.78 is 5.47. The highest BCUT2D eigenvalue weighted by molar-refractivity contribution is 5.76. The van der Waals surface area contributed by atoms with Gasteiger partial charge >= 0.3 is 0 Å². The summed E-state index contributed by atoms with van der Waals surface area (Å²) >= 11 is 0. The minimum Gasteiger partial charge on any atom is -0.374 e. The second kappa shape index (κ2) is 6.76. The van der Waals surface area contributed by atoms with Crippen molar-refractivity contribution in [3.63, 3.8) is 0 Å². The third kappa shape index (κ3) is 5.71. The van der Waals surface area contributed by atoms with Crippen LogP contribution in [0.2, 0.25) is 0 Å². The Morgan fingerprint density at radius 1 is 1.60 bits per heavy atom. The number of morpholine rings is 1. The number of hydrogen-bond acceptors (Lipinski definition) is 4.